The first kappa shape index (κ1) is 16.4. The Kier molecular flexibility index (Phi) is 4.64. The van der Waals surface area contributed by atoms with Crippen LogP contribution in [-0.2, 0) is 6.42 Å². The lowest BCUT2D eigenvalue weighted by Gasteiger charge is -2.39. The number of phenolic OH excluding ortho intramolecular Hbond substituents is 1. The first-order chi connectivity index (χ1) is 12.2. The van der Waals surface area contributed by atoms with Gasteiger partial charge in [0.1, 0.15) is 5.75 Å². The van der Waals surface area contributed by atoms with Gasteiger partial charge in [-0.1, -0.05) is 24.3 Å². The van der Waals surface area contributed by atoms with E-state index in [1.165, 1.54) is 5.69 Å². The number of hydrogen-bond acceptors (Lipinski definition) is 4. The summed E-state index contributed by atoms with van der Waals surface area (Å²) in [6.07, 6.45) is 1.50. The molecule has 4 heteroatoms. The minimum atomic E-state index is -0.420. The van der Waals surface area contributed by atoms with Crippen molar-refractivity contribution in [3.8, 4) is 5.75 Å². The average Bonchev–Trinajstić information content (AvgIpc) is 2.65. The van der Waals surface area contributed by atoms with E-state index in [2.05, 4.69) is 40.1 Å². The molecule has 2 N–H and O–H groups in total. The fourth-order valence-corrected chi connectivity index (χ4v) is 4.20. The number of aromatic hydroxyl groups is 1. The Balaban J connectivity index is 1.35. The third-order valence-corrected chi connectivity index (χ3v) is 5.66. The van der Waals surface area contributed by atoms with E-state index in [-0.39, 0.29) is 5.92 Å². The summed E-state index contributed by atoms with van der Waals surface area (Å²) in [6, 6.07) is 16.0. The number of aliphatic hydroxyl groups excluding tert-OH is 1. The van der Waals surface area contributed by atoms with Gasteiger partial charge >= 0.3 is 0 Å². The SMILES string of the molecule is Oc1ccc2c(c1)CCC(CN1CCN(c3ccccc3)CC1)C2O. The van der Waals surface area contributed by atoms with Crippen molar-refractivity contribution in [2.75, 3.05) is 37.6 Å². The average molecular weight is 338 g/mol. The van der Waals surface area contributed by atoms with Crippen LogP contribution in [0.15, 0.2) is 48.5 Å². The smallest absolute Gasteiger partial charge is 0.115 e. The Morgan fingerprint density at radius 2 is 1.72 bits per heavy atom. The molecule has 2 aromatic carbocycles. The van der Waals surface area contributed by atoms with Crippen LogP contribution < -0.4 is 4.90 Å². The summed E-state index contributed by atoms with van der Waals surface area (Å²) in [5.41, 5.74) is 3.39. The Morgan fingerprint density at radius 1 is 0.960 bits per heavy atom. The molecule has 1 aliphatic carbocycles. The molecule has 2 unspecified atom stereocenters. The van der Waals surface area contributed by atoms with Gasteiger partial charge in [0.05, 0.1) is 6.10 Å². The predicted molar refractivity (Wildman–Crippen MR) is 100.0 cm³/mol. The lowest BCUT2D eigenvalue weighted by Crippen LogP contribution is -2.48. The number of para-hydroxylation sites is 1. The van der Waals surface area contributed by atoms with Crippen LogP contribution in [0.2, 0.25) is 0 Å². The highest BCUT2D eigenvalue weighted by atomic mass is 16.3. The summed E-state index contributed by atoms with van der Waals surface area (Å²) in [5.74, 6) is 0.571. The number of nitrogens with zero attached hydrogens (tertiary/aromatic N) is 2. The zero-order valence-corrected chi connectivity index (χ0v) is 14.5. The lowest BCUT2D eigenvalue weighted by atomic mass is 9.81. The standard InChI is InChI=1S/C21H26N2O2/c24-19-8-9-20-16(14-19)6-7-17(21(20)25)15-22-10-12-23(13-11-22)18-4-2-1-3-5-18/h1-5,8-9,14,17,21,24-25H,6-7,10-13,15H2. The fourth-order valence-electron chi connectivity index (χ4n) is 4.20. The third-order valence-electron chi connectivity index (χ3n) is 5.66. The van der Waals surface area contributed by atoms with E-state index < -0.39 is 6.10 Å². The number of aliphatic hydroxyl groups is 1. The van der Waals surface area contributed by atoms with Gasteiger partial charge in [0.25, 0.3) is 0 Å². The zero-order valence-electron chi connectivity index (χ0n) is 14.5. The second kappa shape index (κ2) is 7.06. The minimum Gasteiger partial charge on any atom is -0.508 e. The molecule has 0 aromatic heterocycles. The Bertz CT molecular complexity index is 711. The van der Waals surface area contributed by atoms with Crippen molar-refractivity contribution in [3.05, 3.63) is 59.7 Å². The van der Waals surface area contributed by atoms with Crippen molar-refractivity contribution < 1.29 is 10.2 Å². The highest BCUT2D eigenvalue weighted by Crippen LogP contribution is 2.36. The molecule has 0 radical (unpaired) electrons. The van der Waals surface area contributed by atoms with Crippen molar-refractivity contribution in [1.29, 1.82) is 0 Å². The predicted octanol–water partition coefficient (Wildman–Crippen LogP) is 2.81. The number of fused-ring (bicyclic) bond motifs is 1. The minimum absolute atomic E-state index is 0.278. The third kappa shape index (κ3) is 3.51. The highest BCUT2D eigenvalue weighted by Gasteiger charge is 2.30. The first-order valence-corrected chi connectivity index (χ1v) is 9.23. The maximum absolute atomic E-state index is 10.8. The Labute approximate surface area is 149 Å². The van der Waals surface area contributed by atoms with Crippen molar-refractivity contribution in [1.82, 2.24) is 4.90 Å². The molecule has 0 bridgehead atoms. The molecular formula is C21H26N2O2. The summed E-state index contributed by atoms with van der Waals surface area (Å²) in [6.45, 7) is 5.11. The number of phenols is 1. The molecule has 2 atom stereocenters. The van der Waals surface area contributed by atoms with Gasteiger partial charge in [0.15, 0.2) is 0 Å². The number of hydrogen-bond donors (Lipinski definition) is 2. The van der Waals surface area contributed by atoms with Crippen molar-refractivity contribution >= 4 is 5.69 Å². The topological polar surface area (TPSA) is 46.9 Å². The van der Waals surface area contributed by atoms with Gasteiger partial charge in [-0.05, 0) is 48.2 Å². The van der Waals surface area contributed by atoms with Crippen LogP contribution in [0.4, 0.5) is 5.69 Å². The molecule has 1 heterocycles. The summed E-state index contributed by atoms with van der Waals surface area (Å²) >= 11 is 0. The number of benzene rings is 2. The van der Waals surface area contributed by atoms with Gasteiger partial charge < -0.3 is 15.1 Å². The van der Waals surface area contributed by atoms with Gasteiger partial charge in [-0.15, -0.1) is 0 Å². The molecule has 0 saturated carbocycles. The van der Waals surface area contributed by atoms with Gasteiger partial charge in [-0.25, -0.2) is 0 Å². The normalized spacial score (nSPS) is 24.1. The monoisotopic (exact) mass is 338 g/mol. The van der Waals surface area contributed by atoms with Crippen LogP contribution in [0.5, 0.6) is 5.75 Å². The number of rotatable bonds is 3. The Hall–Kier alpha value is -2.04. The van der Waals surface area contributed by atoms with Crippen molar-refractivity contribution in [2.45, 2.75) is 18.9 Å². The summed E-state index contributed by atoms with van der Waals surface area (Å²) in [5, 5.41) is 20.4. The summed E-state index contributed by atoms with van der Waals surface area (Å²) in [4.78, 5) is 4.92. The van der Waals surface area contributed by atoms with E-state index in [1.54, 1.807) is 12.1 Å². The van der Waals surface area contributed by atoms with Crippen LogP contribution >= 0.6 is 0 Å². The maximum Gasteiger partial charge on any atom is 0.115 e. The van der Waals surface area contributed by atoms with Crippen LogP contribution in [0.3, 0.4) is 0 Å². The molecule has 1 aliphatic heterocycles. The van der Waals surface area contributed by atoms with E-state index in [9.17, 15) is 10.2 Å². The van der Waals surface area contributed by atoms with E-state index in [1.807, 2.05) is 6.07 Å². The fraction of sp³-hybridized carbons (Fsp3) is 0.429. The molecule has 2 aliphatic rings. The van der Waals surface area contributed by atoms with E-state index >= 15 is 0 Å². The molecule has 0 spiro atoms. The molecule has 132 valence electrons. The summed E-state index contributed by atoms with van der Waals surface area (Å²) in [7, 11) is 0. The van der Waals surface area contributed by atoms with E-state index in [4.69, 9.17) is 0 Å². The molecule has 25 heavy (non-hydrogen) atoms. The largest absolute Gasteiger partial charge is 0.508 e. The number of aryl methyl sites for hydroxylation is 1. The molecule has 4 rings (SSSR count). The molecule has 0 amide bonds. The van der Waals surface area contributed by atoms with Crippen LogP contribution in [0.1, 0.15) is 23.7 Å². The van der Waals surface area contributed by atoms with Crippen molar-refractivity contribution in [3.63, 3.8) is 0 Å². The van der Waals surface area contributed by atoms with Gasteiger partial charge in [-0.2, -0.15) is 0 Å². The molecular weight excluding hydrogens is 312 g/mol. The quantitative estimate of drug-likeness (QED) is 0.903. The first-order valence-electron chi connectivity index (χ1n) is 9.23. The number of anilines is 1. The molecule has 1 fully saturated rings. The second-order valence-electron chi connectivity index (χ2n) is 7.25. The van der Waals surface area contributed by atoms with Crippen LogP contribution in [0, 0.1) is 5.92 Å². The molecule has 1 saturated heterocycles. The van der Waals surface area contributed by atoms with E-state index in [0.29, 0.717) is 5.75 Å². The summed E-state index contributed by atoms with van der Waals surface area (Å²) < 4.78 is 0. The van der Waals surface area contributed by atoms with Gasteiger partial charge in [0.2, 0.25) is 0 Å². The van der Waals surface area contributed by atoms with Gasteiger partial charge in [0, 0.05) is 44.3 Å². The number of piperazine rings is 1. The van der Waals surface area contributed by atoms with Crippen LogP contribution in [0.25, 0.3) is 0 Å². The molecule has 4 nitrogen and oxygen atoms in total. The highest BCUT2D eigenvalue weighted by molar-refractivity contribution is 5.46. The zero-order chi connectivity index (χ0) is 17.2. The van der Waals surface area contributed by atoms with Crippen molar-refractivity contribution in [2.24, 2.45) is 5.92 Å². The van der Waals surface area contributed by atoms with Crippen LogP contribution in [-0.4, -0.2) is 47.8 Å². The Morgan fingerprint density at radius 3 is 2.48 bits per heavy atom. The second-order valence-corrected chi connectivity index (χ2v) is 7.25. The van der Waals surface area contributed by atoms with E-state index in [0.717, 1.165) is 56.7 Å². The maximum atomic E-state index is 10.8. The molecule has 2 aromatic rings. The van der Waals surface area contributed by atoms with Gasteiger partial charge in [-0.3, -0.25) is 4.90 Å². The lowest BCUT2D eigenvalue weighted by molar-refractivity contribution is 0.0642.